The zero-order valence-electron chi connectivity index (χ0n) is 9.58. The second kappa shape index (κ2) is 3.67. The molecule has 0 radical (unpaired) electrons. The lowest BCUT2D eigenvalue weighted by molar-refractivity contribution is 0.0515. The first-order chi connectivity index (χ1) is 6.94. The van der Waals surface area contributed by atoms with E-state index < -0.39 is 5.60 Å². The summed E-state index contributed by atoms with van der Waals surface area (Å²) >= 11 is 0. The summed E-state index contributed by atoms with van der Waals surface area (Å²) in [4.78, 5) is 11.3. The Morgan fingerprint density at radius 2 is 2.00 bits per heavy atom. The highest BCUT2D eigenvalue weighted by atomic mass is 16.6. The van der Waals surface area contributed by atoms with Crippen LogP contribution in [-0.4, -0.2) is 30.4 Å². The van der Waals surface area contributed by atoms with E-state index in [1.165, 1.54) is 0 Å². The van der Waals surface area contributed by atoms with Crippen molar-refractivity contribution >= 4 is 6.09 Å². The summed E-state index contributed by atoms with van der Waals surface area (Å²) in [6.07, 6.45) is 2.82. The van der Waals surface area contributed by atoms with E-state index in [9.17, 15) is 4.79 Å². The Morgan fingerprint density at radius 1 is 1.40 bits per heavy atom. The van der Waals surface area contributed by atoms with Gasteiger partial charge in [-0.15, -0.1) is 0 Å². The van der Waals surface area contributed by atoms with Crippen molar-refractivity contribution in [1.82, 2.24) is 5.32 Å². The number of alkyl carbamates (subject to hydrolysis) is 1. The number of hydrogen-bond acceptors (Lipinski definition) is 3. The highest BCUT2D eigenvalue weighted by Crippen LogP contribution is 2.41. The van der Waals surface area contributed by atoms with Gasteiger partial charge in [-0.3, -0.25) is 0 Å². The summed E-state index contributed by atoms with van der Waals surface area (Å²) in [7, 11) is 0. The summed E-state index contributed by atoms with van der Waals surface area (Å²) in [5, 5.41) is 2.81. The molecule has 0 aromatic rings. The first-order valence-electron chi connectivity index (χ1n) is 5.56. The molecule has 0 aromatic heterocycles. The molecular weight excluding hydrogens is 194 g/mol. The molecule has 1 saturated carbocycles. The number of nitrogens with one attached hydrogen (secondary N) is 1. The van der Waals surface area contributed by atoms with Gasteiger partial charge in [-0.1, -0.05) is 0 Å². The molecule has 86 valence electrons. The van der Waals surface area contributed by atoms with Gasteiger partial charge in [0.15, 0.2) is 0 Å². The molecule has 4 nitrogen and oxygen atoms in total. The van der Waals surface area contributed by atoms with E-state index in [1.54, 1.807) is 0 Å². The fourth-order valence-electron chi connectivity index (χ4n) is 2.06. The molecule has 0 aromatic carbocycles. The van der Waals surface area contributed by atoms with E-state index in [4.69, 9.17) is 9.47 Å². The Kier molecular flexibility index (Phi) is 2.63. The number of hydrogen-bond donors (Lipinski definition) is 1. The number of amides is 1. The maximum absolute atomic E-state index is 11.3. The van der Waals surface area contributed by atoms with E-state index >= 15 is 0 Å². The summed E-state index contributed by atoms with van der Waals surface area (Å²) in [6.45, 7) is 6.31. The molecule has 1 aliphatic carbocycles. The fourth-order valence-corrected chi connectivity index (χ4v) is 2.06. The van der Waals surface area contributed by atoms with Crippen molar-refractivity contribution in [3.63, 3.8) is 0 Å². The Labute approximate surface area is 90.3 Å². The molecule has 4 heteroatoms. The Balaban J connectivity index is 1.63. The maximum atomic E-state index is 11.3. The molecule has 2 fully saturated rings. The molecule has 0 bridgehead atoms. The number of carbonyl (C=O) groups excluding carboxylic acids is 1. The molecule has 1 heterocycles. The first kappa shape index (κ1) is 10.7. The van der Waals surface area contributed by atoms with Crippen LogP contribution in [0.25, 0.3) is 0 Å². The van der Waals surface area contributed by atoms with Crippen LogP contribution in [0.3, 0.4) is 0 Å². The van der Waals surface area contributed by atoms with Gasteiger partial charge < -0.3 is 14.8 Å². The lowest BCUT2D eigenvalue weighted by Crippen LogP contribution is -2.35. The summed E-state index contributed by atoms with van der Waals surface area (Å²) < 4.78 is 10.5. The molecule has 1 aliphatic heterocycles. The third-order valence-electron chi connectivity index (χ3n) is 2.75. The second-order valence-corrected chi connectivity index (χ2v) is 5.43. The monoisotopic (exact) mass is 213 g/mol. The third-order valence-corrected chi connectivity index (χ3v) is 2.75. The van der Waals surface area contributed by atoms with Crippen LogP contribution in [0.15, 0.2) is 0 Å². The normalized spacial score (nSPS) is 33.4. The van der Waals surface area contributed by atoms with E-state index in [-0.39, 0.29) is 6.09 Å². The lowest BCUT2D eigenvalue weighted by atomic mass is 10.1. The Hall–Kier alpha value is -0.770. The topological polar surface area (TPSA) is 50.9 Å². The van der Waals surface area contributed by atoms with Crippen molar-refractivity contribution < 1.29 is 14.3 Å². The van der Waals surface area contributed by atoms with Crippen molar-refractivity contribution in [3.05, 3.63) is 0 Å². The Morgan fingerprint density at radius 3 is 2.53 bits per heavy atom. The van der Waals surface area contributed by atoms with Gasteiger partial charge in [-0.05, 0) is 39.5 Å². The predicted molar refractivity (Wildman–Crippen MR) is 55.6 cm³/mol. The molecule has 2 aliphatic rings. The summed E-state index contributed by atoms with van der Waals surface area (Å²) in [5.41, 5.74) is -0.412. The third kappa shape index (κ3) is 3.09. The van der Waals surface area contributed by atoms with E-state index in [0.717, 1.165) is 12.8 Å². The average Bonchev–Trinajstić information content (AvgIpc) is 2.68. The van der Waals surface area contributed by atoms with Crippen LogP contribution in [-0.2, 0) is 9.47 Å². The number of ether oxygens (including phenoxy) is 2. The van der Waals surface area contributed by atoms with E-state index in [0.29, 0.717) is 24.7 Å². The zero-order valence-corrected chi connectivity index (χ0v) is 9.58. The fraction of sp³-hybridized carbons (Fsp3) is 0.909. The van der Waals surface area contributed by atoms with Gasteiger partial charge in [0.2, 0.25) is 0 Å². The zero-order chi connectivity index (χ0) is 11.1. The van der Waals surface area contributed by atoms with Gasteiger partial charge in [0.05, 0.1) is 12.2 Å². The van der Waals surface area contributed by atoms with Crippen molar-refractivity contribution in [2.75, 3.05) is 6.54 Å². The second-order valence-electron chi connectivity index (χ2n) is 5.43. The van der Waals surface area contributed by atoms with Crippen molar-refractivity contribution in [1.29, 1.82) is 0 Å². The molecule has 15 heavy (non-hydrogen) atoms. The van der Waals surface area contributed by atoms with Crippen LogP contribution in [0, 0.1) is 5.92 Å². The minimum Gasteiger partial charge on any atom is -0.444 e. The highest BCUT2D eigenvalue weighted by molar-refractivity contribution is 5.67. The van der Waals surface area contributed by atoms with Gasteiger partial charge in [0, 0.05) is 6.54 Å². The van der Waals surface area contributed by atoms with Crippen LogP contribution < -0.4 is 5.32 Å². The van der Waals surface area contributed by atoms with Crippen molar-refractivity contribution in [3.8, 4) is 0 Å². The SMILES string of the molecule is CC(C)(C)OC(=O)NCC1C[C@@H]2O[C@@H]2C1. The van der Waals surface area contributed by atoms with E-state index in [2.05, 4.69) is 5.32 Å². The first-order valence-corrected chi connectivity index (χ1v) is 5.56. The number of carbonyl (C=O) groups is 1. The molecule has 3 atom stereocenters. The van der Waals surface area contributed by atoms with Crippen LogP contribution in [0.2, 0.25) is 0 Å². The van der Waals surface area contributed by atoms with Gasteiger partial charge >= 0.3 is 6.09 Å². The minimum absolute atomic E-state index is 0.316. The minimum atomic E-state index is -0.412. The van der Waals surface area contributed by atoms with Crippen LogP contribution >= 0.6 is 0 Å². The van der Waals surface area contributed by atoms with E-state index in [1.807, 2.05) is 20.8 Å². The molecule has 0 spiro atoms. The smallest absolute Gasteiger partial charge is 0.407 e. The van der Waals surface area contributed by atoms with Gasteiger partial charge in [0.25, 0.3) is 0 Å². The summed E-state index contributed by atoms with van der Waals surface area (Å²) in [6, 6.07) is 0. The predicted octanol–water partition coefficient (Wildman–Crippen LogP) is 1.69. The number of rotatable bonds is 2. The van der Waals surface area contributed by atoms with Gasteiger partial charge in [-0.25, -0.2) is 4.79 Å². The van der Waals surface area contributed by atoms with Crippen molar-refractivity contribution in [2.24, 2.45) is 5.92 Å². The Bertz CT molecular complexity index is 249. The lowest BCUT2D eigenvalue weighted by Gasteiger charge is -2.20. The maximum Gasteiger partial charge on any atom is 0.407 e. The molecule has 1 unspecified atom stereocenters. The average molecular weight is 213 g/mol. The number of epoxide rings is 1. The van der Waals surface area contributed by atoms with Crippen LogP contribution in [0.1, 0.15) is 33.6 Å². The number of fused-ring (bicyclic) bond motifs is 1. The highest BCUT2D eigenvalue weighted by Gasteiger charge is 2.47. The quantitative estimate of drug-likeness (QED) is 0.710. The van der Waals surface area contributed by atoms with Crippen molar-refractivity contribution in [2.45, 2.75) is 51.4 Å². The molecule has 1 N–H and O–H groups in total. The summed E-state index contributed by atoms with van der Waals surface area (Å²) in [5.74, 6) is 0.571. The molecule has 2 rings (SSSR count). The van der Waals surface area contributed by atoms with Crippen LogP contribution in [0.4, 0.5) is 4.79 Å². The molecule has 1 amide bonds. The molecule has 1 saturated heterocycles. The largest absolute Gasteiger partial charge is 0.444 e. The molecular formula is C11H19NO3. The van der Waals surface area contributed by atoms with Gasteiger partial charge in [0.1, 0.15) is 5.60 Å². The van der Waals surface area contributed by atoms with Gasteiger partial charge in [-0.2, -0.15) is 0 Å². The standard InChI is InChI=1S/C11H19NO3/c1-11(2,3)15-10(13)12-6-7-4-8-9(5-7)14-8/h7-9H,4-6H2,1-3H3,(H,12,13)/t7?,8-,9+. The van der Waals surface area contributed by atoms with Crippen LogP contribution in [0.5, 0.6) is 0 Å².